The highest BCUT2D eigenvalue weighted by molar-refractivity contribution is 5.30. The topological polar surface area (TPSA) is 38.9 Å². The molecule has 1 aromatic rings. The Morgan fingerprint density at radius 3 is 2.54 bits per heavy atom. The third-order valence-electron chi connectivity index (χ3n) is 3.08. The van der Waals surface area contributed by atoms with Crippen molar-refractivity contribution in [1.82, 2.24) is 4.98 Å². The van der Waals surface area contributed by atoms with E-state index in [-0.39, 0.29) is 5.54 Å². The van der Waals surface area contributed by atoms with Crippen LogP contribution in [-0.4, -0.2) is 4.98 Å². The summed E-state index contributed by atoms with van der Waals surface area (Å²) >= 11 is 0. The Morgan fingerprint density at radius 2 is 2.08 bits per heavy atom. The Balaban J connectivity index is 2.21. The van der Waals surface area contributed by atoms with E-state index in [0.717, 1.165) is 6.42 Å². The molecule has 2 nitrogen and oxygen atoms in total. The third kappa shape index (κ3) is 1.35. The summed E-state index contributed by atoms with van der Waals surface area (Å²) in [5.41, 5.74) is 7.46. The van der Waals surface area contributed by atoms with Crippen molar-refractivity contribution in [2.45, 2.75) is 25.8 Å². The Kier molecular flexibility index (Phi) is 1.88. The average Bonchev–Trinajstić information content (AvgIpc) is 2.82. The average molecular weight is 176 g/mol. The number of hydrogen-bond acceptors (Lipinski definition) is 2. The lowest BCUT2D eigenvalue weighted by atomic mass is 9.99. The summed E-state index contributed by atoms with van der Waals surface area (Å²) in [6.07, 6.45) is 4.76. The van der Waals surface area contributed by atoms with E-state index in [1.54, 1.807) is 0 Å². The van der Waals surface area contributed by atoms with Gasteiger partial charge in [-0.15, -0.1) is 0 Å². The molecule has 2 heteroatoms. The van der Waals surface area contributed by atoms with Crippen LogP contribution in [0.5, 0.6) is 0 Å². The fourth-order valence-corrected chi connectivity index (χ4v) is 2.13. The van der Waals surface area contributed by atoms with Gasteiger partial charge in [-0.1, -0.05) is 13.8 Å². The summed E-state index contributed by atoms with van der Waals surface area (Å²) in [5, 5.41) is 0. The number of nitrogens with two attached hydrogens (primary N) is 1. The molecule has 2 atom stereocenters. The van der Waals surface area contributed by atoms with Gasteiger partial charge in [-0.3, -0.25) is 4.98 Å². The molecule has 2 unspecified atom stereocenters. The van der Waals surface area contributed by atoms with Crippen molar-refractivity contribution in [1.29, 1.82) is 0 Å². The van der Waals surface area contributed by atoms with E-state index >= 15 is 0 Å². The second-order valence-corrected chi connectivity index (χ2v) is 4.33. The molecule has 1 aliphatic carbocycles. The first kappa shape index (κ1) is 8.70. The highest BCUT2D eigenvalue weighted by Crippen LogP contribution is 2.53. The molecule has 2 N–H and O–H groups in total. The highest BCUT2D eigenvalue weighted by atomic mass is 14.9. The first-order valence-electron chi connectivity index (χ1n) is 4.84. The third-order valence-corrected chi connectivity index (χ3v) is 3.08. The van der Waals surface area contributed by atoms with Gasteiger partial charge in [0.15, 0.2) is 0 Å². The Morgan fingerprint density at radius 1 is 1.46 bits per heavy atom. The predicted molar refractivity (Wildman–Crippen MR) is 53.0 cm³/mol. The van der Waals surface area contributed by atoms with Gasteiger partial charge in [0.2, 0.25) is 0 Å². The van der Waals surface area contributed by atoms with Crippen molar-refractivity contribution in [3.63, 3.8) is 0 Å². The lowest BCUT2D eigenvalue weighted by Gasteiger charge is -2.13. The van der Waals surface area contributed by atoms with Crippen molar-refractivity contribution < 1.29 is 0 Å². The minimum atomic E-state index is -0.0584. The minimum absolute atomic E-state index is 0.0584. The van der Waals surface area contributed by atoms with Gasteiger partial charge in [-0.25, -0.2) is 0 Å². The molecule has 0 spiro atoms. The van der Waals surface area contributed by atoms with Gasteiger partial charge < -0.3 is 5.73 Å². The maximum atomic E-state index is 6.29. The van der Waals surface area contributed by atoms with E-state index in [4.69, 9.17) is 5.73 Å². The second-order valence-electron chi connectivity index (χ2n) is 4.33. The van der Waals surface area contributed by atoms with Crippen LogP contribution in [0, 0.1) is 11.8 Å². The summed E-state index contributed by atoms with van der Waals surface area (Å²) in [4.78, 5) is 4.00. The van der Waals surface area contributed by atoms with E-state index in [9.17, 15) is 0 Å². The number of hydrogen-bond donors (Lipinski definition) is 1. The van der Waals surface area contributed by atoms with Crippen LogP contribution in [0.4, 0.5) is 0 Å². The minimum Gasteiger partial charge on any atom is -0.321 e. The normalized spacial score (nSPS) is 32.2. The molecule has 0 aromatic carbocycles. The zero-order valence-electron chi connectivity index (χ0n) is 8.20. The van der Waals surface area contributed by atoms with E-state index in [0.29, 0.717) is 11.8 Å². The number of aromatic nitrogens is 1. The summed E-state index contributed by atoms with van der Waals surface area (Å²) in [6.45, 7) is 4.47. The largest absolute Gasteiger partial charge is 0.321 e. The molecule has 0 amide bonds. The van der Waals surface area contributed by atoms with E-state index < -0.39 is 0 Å². The van der Waals surface area contributed by atoms with Crippen LogP contribution in [0.15, 0.2) is 24.5 Å². The highest BCUT2D eigenvalue weighted by Gasteiger charge is 2.53. The van der Waals surface area contributed by atoms with E-state index in [1.165, 1.54) is 5.56 Å². The van der Waals surface area contributed by atoms with Crippen LogP contribution >= 0.6 is 0 Å². The first-order chi connectivity index (χ1) is 6.14. The van der Waals surface area contributed by atoms with Crippen molar-refractivity contribution >= 4 is 0 Å². The lowest BCUT2D eigenvalue weighted by molar-refractivity contribution is 0.488. The van der Waals surface area contributed by atoms with Gasteiger partial charge in [0, 0.05) is 17.9 Å². The van der Waals surface area contributed by atoms with Crippen LogP contribution in [0.2, 0.25) is 0 Å². The Hall–Kier alpha value is -0.890. The standard InChI is InChI=1S/C11H16N2/c1-8(2)10-7-11(10,12)9-3-5-13-6-4-9/h3-6,8,10H,7,12H2,1-2H3. The molecule has 13 heavy (non-hydrogen) atoms. The zero-order valence-corrected chi connectivity index (χ0v) is 8.20. The number of pyridine rings is 1. The predicted octanol–water partition coefficient (Wildman–Crippen LogP) is 1.91. The smallest absolute Gasteiger partial charge is 0.0446 e. The van der Waals surface area contributed by atoms with E-state index in [1.807, 2.05) is 24.5 Å². The molecule has 0 aliphatic heterocycles. The van der Waals surface area contributed by atoms with Crippen LogP contribution in [-0.2, 0) is 5.54 Å². The van der Waals surface area contributed by atoms with Gasteiger partial charge in [-0.05, 0) is 36.0 Å². The molecule has 1 aromatic heterocycles. The van der Waals surface area contributed by atoms with Crippen molar-refractivity contribution in [2.24, 2.45) is 17.6 Å². The van der Waals surface area contributed by atoms with E-state index in [2.05, 4.69) is 18.8 Å². The summed E-state index contributed by atoms with van der Waals surface area (Å²) in [6, 6.07) is 4.06. The SMILES string of the molecule is CC(C)C1CC1(N)c1ccncc1. The van der Waals surface area contributed by atoms with Gasteiger partial charge in [-0.2, -0.15) is 0 Å². The first-order valence-corrected chi connectivity index (χ1v) is 4.84. The zero-order chi connectivity index (χ0) is 9.47. The van der Waals surface area contributed by atoms with Crippen molar-refractivity contribution in [3.8, 4) is 0 Å². The molecule has 1 fully saturated rings. The Labute approximate surface area is 79.2 Å². The summed E-state index contributed by atoms with van der Waals surface area (Å²) in [5.74, 6) is 1.33. The van der Waals surface area contributed by atoms with Crippen molar-refractivity contribution in [3.05, 3.63) is 30.1 Å². The number of rotatable bonds is 2. The fraction of sp³-hybridized carbons (Fsp3) is 0.545. The van der Waals surface area contributed by atoms with Gasteiger partial charge in [0.25, 0.3) is 0 Å². The molecule has 70 valence electrons. The monoisotopic (exact) mass is 176 g/mol. The fourth-order valence-electron chi connectivity index (χ4n) is 2.13. The quantitative estimate of drug-likeness (QED) is 0.747. The van der Waals surface area contributed by atoms with Gasteiger partial charge in [0.05, 0.1) is 0 Å². The van der Waals surface area contributed by atoms with Crippen molar-refractivity contribution in [2.75, 3.05) is 0 Å². The van der Waals surface area contributed by atoms with Crippen LogP contribution in [0.1, 0.15) is 25.8 Å². The number of nitrogens with zero attached hydrogens (tertiary/aromatic N) is 1. The van der Waals surface area contributed by atoms with Gasteiger partial charge >= 0.3 is 0 Å². The molecule has 2 rings (SSSR count). The molecule has 1 aliphatic rings. The molecular formula is C11H16N2. The maximum absolute atomic E-state index is 6.29. The lowest BCUT2D eigenvalue weighted by Crippen LogP contribution is -2.23. The molecule has 0 saturated heterocycles. The van der Waals surface area contributed by atoms with Crippen LogP contribution < -0.4 is 5.73 Å². The Bertz CT molecular complexity index is 294. The molecule has 1 heterocycles. The van der Waals surface area contributed by atoms with Crippen LogP contribution in [0.3, 0.4) is 0 Å². The molecular weight excluding hydrogens is 160 g/mol. The maximum Gasteiger partial charge on any atom is 0.0446 e. The molecule has 0 bridgehead atoms. The molecule has 0 radical (unpaired) electrons. The van der Waals surface area contributed by atoms with Crippen LogP contribution in [0.25, 0.3) is 0 Å². The molecule has 1 saturated carbocycles. The summed E-state index contributed by atoms with van der Waals surface area (Å²) in [7, 11) is 0. The second kappa shape index (κ2) is 2.81. The summed E-state index contributed by atoms with van der Waals surface area (Å²) < 4.78 is 0. The van der Waals surface area contributed by atoms with Gasteiger partial charge in [0.1, 0.15) is 0 Å².